The van der Waals surface area contributed by atoms with Gasteiger partial charge in [0, 0.05) is 38.2 Å². The summed E-state index contributed by atoms with van der Waals surface area (Å²) in [5.74, 6) is 0.166. The van der Waals surface area contributed by atoms with E-state index in [4.69, 9.17) is 31.0 Å². The van der Waals surface area contributed by atoms with E-state index in [0.29, 0.717) is 62.4 Å². The van der Waals surface area contributed by atoms with Crippen LogP contribution in [0.5, 0.6) is 0 Å². The highest BCUT2D eigenvalue weighted by atomic mass is 16.5. The van der Waals surface area contributed by atoms with E-state index < -0.39 is 11.9 Å². The van der Waals surface area contributed by atoms with Gasteiger partial charge in [-0.25, -0.2) is 29.4 Å². The maximum atomic E-state index is 13.7. The second kappa shape index (κ2) is 20.7. The van der Waals surface area contributed by atoms with Gasteiger partial charge in [-0.3, -0.25) is 0 Å². The highest BCUT2D eigenvalue weighted by molar-refractivity contribution is 6.13. The van der Waals surface area contributed by atoms with Gasteiger partial charge in [-0.05, 0) is 101 Å². The number of carbonyl (C=O) groups excluding carboxylic acids is 2. The van der Waals surface area contributed by atoms with Crippen molar-refractivity contribution in [2.45, 2.75) is 13.2 Å². The molecule has 0 atom stereocenters. The lowest BCUT2D eigenvalue weighted by Gasteiger charge is -2.18. The molecule has 0 radical (unpaired) electrons. The molecule has 0 saturated heterocycles. The molecule has 13 aromatic rings. The third-order valence-electron chi connectivity index (χ3n) is 14.3. The molecule has 0 N–H and O–H groups in total. The van der Waals surface area contributed by atoms with Crippen LogP contribution in [-0.4, -0.2) is 36.0 Å². The van der Waals surface area contributed by atoms with Gasteiger partial charge in [-0.1, -0.05) is 158 Å². The molecule has 13 rings (SSSR count). The van der Waals surface area contributed by atoms with Crippen LogP contribution >= 0.6 is 0 Å². The van der Waals surface area contributed by atoms with E-state index in [2.05, 4.69) is 26.1 Å². The summed E-state index contributed by atoms with van der Waals surface area (Å²) in [6.07, 6.45) is 0. The first-order valence-corrected chi connectivity index (χ1v) is 25.9. The fourth-order valence-electron chi connectivity index (χ4n) is 10.5. The summed E-state index contributed by atoms with van der Waals surface area (Å²) < 4.78 is 15.9. The Morgan fingerprint density at radius 2 is 0.938 bits per heavy atom. The van der Waals surface area contributed by atoms with Crippen LogP contribution < -0.4 is 0 Å². The third kappa shape index (κ3) is 8.92. The van der Waals surface area contributed by atoms with Gasteiger partial charge in [0.2, 0.25) is 0 Å². The van der Waals surface area contributed by atoms with Gasteiger partial charge in [0.05, 0.1) is 62.8 Å². The Bertz CT molecular complexity index is 4670. The molecule has 11 heteroatoms. The van der Waals surface area contributed by atoms with Crippen molar-refractivity contribution in [2.24, 2.45) is 0 Å². The molecular weight excluding hydrogens is 991 g/mol. The molecule has 0 aliphatic heterocycles. The van der Waals surface area contributed by atoms with Gasteiger partial charge in [-0.15, -0.1) is 0 Å². The van der Waals surface area contributed by atoms with Gasteiger partial charge >= 0.3 is 11.9 Å². The molecule has 80 heavy (non-hydrogen) atoms. The molecule has 0 bridgehead atoms. The van der Waals surface area contributed by atoms with Gasteiger partial charge in [0.1, 0.15) is 13.2 Å². The third-order valence-corrected chi connectivity index (χ3v) is 14.3. The van der Waals surface area contributed by atoms with Crippen LogP contribution in [0.25, 0.3) is 105 Å². The lowest BCUT2D eigenvalue weighted by molar-refractivity contribution is 0.0464. The second-order valence-corrected chi connectivity index (χ2v) is 19.2. The summed E-state index contributed by atoms with van der Waals surface area (Å²) in [6, 6.07) is 77.5. The molecule has 0 fully saturated rings. The Balaban J connectivity index is 1.01. The van der Waals surface area contributed by atoms with Crippen molar-refractivity contribution >= 4 is 61.2 Å². The van der Waals surface area contributed by atoms with E-state index >= 15 is 0 Å². The SMILES string of the molecule is [C-]#[N+]c1ccccc1-c1ccc(-c2nc(-c3ccccc3)nc(-c3cc(C#N)ccc3-n3c4ccccc4c4cc(C(=O)OCc5ccccc5)ccc43)n2)c(-n2c3ccccc3c3cc(C(=O)OCc4ccccc4)ccc32)c1. The van der Waals surface area contributed by atoms with E-state index in [0.717, 1.165) is 71.4 Å². The van der Waals surface area contributed by atoms with Crippen molar-refractivity contribution < 1.29 is 19.1 Å². The highest BCUT2D eigenvalue weighted by Crippen LogP contribution is 2.42. The Morgan fingerprint density at radius 3 is 1.52 bits per heavy atom. The van der Waals surface area contributed by atoms with E-state index in [1.54, 1.807) is 24.3 Å². The van der Waals surface area contributed by atoms with Gasteiger partial charge < -0.3 is 18.6 Å². The van der Waals surface area contributed by atoms with E-state index in [9.17, 15) is 14.9 Å². The first kappa shape index (κ1) is 48.4. The maximum Gasteiger partial charge on any atom is 0.338 e. The van der Waals surface area contributed by atoms with Gasteiger partial charge in [0.25, 0.3) is 0 Å². The molecule has 0 saturated carbocycles. The number of fused-ring (bicyclic) bond motifs is 6. The number of aromatic nitrogens is 5. The molecule has 3 aromatic heterocycles. The Morgan fingerprint density at radius 1 is 0.438 bits per heavy atom. The van der Waals surface area contributed by atoms with Crippen molar-refractivity contribution in [3.8, 4) is 62.7 Å². The minimum Gasteiger partial charge on any atom is -0.457 e. The molecule has 0 unspecified atom stereocenters. The molecule has 10 aromatic carbocycles. The average molecular weight is 1030 g/mol. The number of benzene rings is 10. The number of nitrogens with zero attached hydrogens (tertiary/aromatic N) is 7. The molecular formula is C69H43N7O4. The minimum absolute atomic E-state index is 0.135. The first-order valence-electron chi connectivity index (χ1n) is 25.9. The van der Waals surface area contributed by atoms with E-state index in [1.165, 1.54) is 0 Å². The summed E-state index contributed by atoms with van der Waals surface area (Å²) in [5, 5.41) is 14.0. The highest BCUT2D eigenvalue weighted by Gasteiger charge is 2.25. The fourth-order valence-corrected chi connectivity index (χ4v) is 10.5. The Kier molecular flexibility index (Phi) is 12.5. The van der Waals surface area contributed by atoms with Crippen LogP contribution in [-0.2, 0) is 22.7 Å². The normalized spacial score (nSPS) is 11.2. The summed E-state index contributed by atoms with van der Waals surface area (Å²) in [4.78, 5) is 47.2. The van der Waals surface area contributed by atoms with Crippen molar-refractivity contribution in [3.63, 3.8) is 0 Å². The molecule has 0 amide bonds. The zero-order chi connectivity index (χ0) is 54.1. The summed E-state index contributed by atoms with van der Waals surface area (Å²) in [6.45, 7) is 8.41. The molecule has 0 aliphatic rings. The number of nitriles is 1. The molecule has 378 valence electrons. The lowest BCUT2D eigenvalue weighted by atomic mass is 10.00. The van der Waals surface area contributed by atoms with Crippen LogP contribution in [0.2, 0.25) is 0 Å². The minimum atomic E-state index is -0.443. The standard InChI is InChI=1S/C69H43N7O4/c1-71-58-26-14-11-23-51(58)48-30-33-54(64(40-48)76-60-28-16-13-25-53(60)56-39-50(32-36-62(56)76)69(78)80-43-45-19-7-3-8-20-45)66-72-65(47-21-9-4-10-22-47)73-67(74-66)57-37-46(41-70)29-34-63(57)75-59-27-15-12-24-52(59)55-38-49(31-35-61(55)75)68(77)79-42-44-17-5-2-6-18-44/h2-40H,42-43H2. The van der Waals surface area contributed by atoms with Crippen LogP contribution in [0.3, 0.4) is 0 Å². The predicted octanol–water partition coefficient (Wildman–Crippen LogP) is 15.9. The summed E-state index contributed by atoms with van der Waals surface area (Å²) in [5.41, 5.74) is 11.7. The zero-order valence-corrected chi connectivity index (χ0v) is 42.7. The first-order chi connectivity index (χ1) is 39.4. The topological polar surface area (TPSA) is 129 Å². The van der Waals surface area contributed by atoms with Gasteiger partial charge in [0.15, 0.2) is 23.2 Å². The van der Waals surface area contributed by atoms with Crippen LogP contribution in [0.15, 0.2) is 237 Å². The van der Waals surface area contributed by atoms with E-state index in [1.807, 2.05) is 206 Å². The number of ether oxygens (including phenoxy) is 2. The number of para-hydroxylation sites is 3. The largest absolute Gasteiger partial charge is 0.457 e. The number of hydrogen-bond acceptors (Lipinski definition) is 8. The number of carbonyl (C=O) groups is 2. The average Bonchev–Trinajstić information content (AvgIpc) is 4.14. The Labute approximate surface area is 459 Å². The number of hydrogen-bond donors (Lipinski definition) is 0. The molecule has 0 spiro atoms. The second-order valence-electron chi connectivity index (χ2n) is 19.2. The maximum absolute atomic E-state index is 13.7. The van der Waals surface area contributed by atoms with Crippen LogP contribution in [0.4, 0.5) is 5.69 Å². The summed E-state index contributed by atoms with van der Waals surface area (Å²) >= 11 is 0. The van der Waals surface area contributed by atoms with Crippen molar-refractivity contribution in [1.29, 1.82) is 5.26 Å². The van der Waals surface area contributed by atoms with Crippen LogP contribution in [0.1, 0.15) is 37.4 Å². The smallest absolute Gasteiger partial charge is 0.338 e. The monoisotopic (exact) mass is 1030 g/mol. The number of rotatable bonds is 12. The zero-order valence-electron chi connectivity index (χ0n) is 42.7. The predicted molar refractivity (Wildman–Crippen MR) is 312 cm³/mol. The van der Waals surface area contributed by atoms with Gasteiger partial charge in [-0.2, -0.15) is 5.26 Å². The number of esters is 2. The van der Waals surface area contributed by atoms with Crippen molar-refractivity contribution in [1.82, 2.24) is 24.1 Å². The molecule has 0 aliphatic carbocycles. The fraction of sp³-hybridized carbons (Fsp3) is 0.0290. The van der Waals surface area contributed by atoms with E-state index in [-0.39, 0.29) is 13.2 Å². The molecule has 11 nitrogen and oxygen atoms in total. The van der Waals surface area contributed by atoms with Crippen LogP contribution in [0, 0.1) is 17.9 Å². The van der Waals surface area contributed by atoms with Crippen molar-refractivity contribution in [2.75, 3.05) is 0 Å². The quantitative estimate of drug-likeness (QED) is 0.0874. The summed E-state index contributed by atoms with van der Waals surface area (Å²) in [7, 11) is 0. The lowest BCUT2D eigenvalue weighted by Crippen LogP contribution is -2.06. The van der Waals surface area contributed by atoms with Crippen molar-refractivity contribution in [3.05, 3.63) is 276 Å². The Hall–Kier alpha value is -11.3. The molecule has 3 heterocycles.